The quantitative estimate of drug-likeness (QED) is 0.570. The highest BCUT2D eigenvalue weighted by atomic mass is 16.5. The molecule has 0 aliphatic heterocycles. The van der Waals surface area contributed by atoms with Gasteiger partial charge in [-0.05, 0) is 31.5 Å². The van der Waals surface area contributed by atoms with Crippen molar-refractivity contribution in [2.24, 2.45) is 4.99 Å². The molecule has 2 rings (SSSR count). The van der Waals surface area contributed by atoms with Crippen molar-refractivity contribution in [3.63, 3.8) is 0 Å². The first-order valence-corrected chi connectivity index (χ1v) is 4.83. The molecule has 0 saturated heterocycles. The number of isocyanates is 1. The highest BCUT2D eigenvalue weighted by molar-refractivity contribution is 5.69. The molecule has 0 radical (unpaired) electrons. The fourth-order valence-corrected chi connectivity index (χ4v) is 1.65. The summed E-state index contributed by atoms with van der Waals surface area (Å²) in [6.45, 7) is 3.76. The highest BCUT2D eigenvalue weighted by Gasteiger charge is 2.10. The largest absolute Gasteiger partial charge is 0.361 e. The van der Waals surface area contributed by atoms with Gasteiger partial charge in [0, 0.05) is 5.56 Å². The number of aromatic nitrogens is 1. The number of carbonyl (C=O) groups excluding carboxylic acids is 1. The lowest BCUT2D eigenvalue weighted by atomic mass is 10.0. The maximum Gasteiger partial charge on any atom is 0.240 e. The number of hydrogen-bond acceptors (Lipinski definition) is 4. The van der Waals surface area contributed by atoms with Crippen molar-refractivity contribution >= 4 is 11.8 Å². The van der Waals surface area contributed by atoms with Gasteiger partial charge in [-0.15, -0.1) is 0 Å². The van der Waals surface area contributed by atoms with Gasteiger partial charge in [-0.2, -0.15) is 4.99 Å². The van der Waals surface area contributed by atoms with E-state index >= 15 is 0 Å². The van der Waals surface area contributed by atoms with Crippen molar-refractivity contribution in [1.29, 1.82) is 0 Å². The lowest BCUT2D eigenvalue weighted by molar-refractivity contribution is 0.393. The van der Waals surface area contributed by atoms with Gasteiger partial charge in [-0.25, -0.2) is 4.79 Å². The van der Waals surface area contributed by atoms with E-state index in [0.717, 1.165) is 22.6 Å². The summed E-state index contributed by atoms with van der Waals surface area (Å²) >= 11 is 0. The van der Waals surface area contributed by atoms with Crippen LogP contribution in [0.5, 0.6) is 0 Å². The second kappa shape index (κ2) is 4.13. The zero-order valence-corrected chi connectivity index (χ0v) is 9.02. The molecule has 0 N–H and O–H groups in total. The normalized spacial score (nSPS) is 9.88. The van der Waals surface area contributed by atoms with Crippen LogP contribution in [0, 0.1) is 13.8 Å². The van der Waals surface area contributed by atoms with Crippen LogP contribution in [0.25, 0.3) is 11.1 Å². The molecule has 16 heavy (non-hydrogen) atoms. The second-order valence-electron chi connectivity index (χ2n) is 3.45. The molecule has 0 amide bonds. The fraction of sp³-hybridized carbons (Fsp3) is 0.167. The van der Waals surface area contributed by atoms with E-state index in [4.69, 9.17) is 4.52 Å². The molecule has 4 heteroatoms. The van der Waals surface area contributed by atoms with Gasteiger partial charge in [0.05, 0.1) is 11.4 Å². The molecule has 0 aliphatic carbocycles. The van der Waals surface area contributed by atoms with Gasteiger partial charge in [0.15, 0.2) is 0 Å². The predicted octanol–water partition coefficient (Wildman–Crippen LogP) is 2.93. The third kappa shape index (κ3) is 1.78. The summed E-state index contributed by atoms with van der Waals surface area (Å²) in [5, 5.41) is 3.89. The number of rotatable bonds is 2. The summed E-state index contributed by atoms with van der Waals surface area (Å²) in [5.74, 6) is 0.782. The van der Waals surface area contributed by atoms with Crippen LogP contribution in [0.1, 0.15) is 11.5 Å². The minimum absolute atomic E-state index is 0.588. The molecule has 1 heterocycles. The fourth-order valence-electron chi connectivity index (χ4n) is 1.65. The first-order chi connectivity index (χ1) is 7.72. The van der Waals surface area contributed by atoms with Crippen molar-refractivity contribution in [1.82, 2.24) is 5.16 Å². The molecule has 1 aromatic carbocycles. The maximum atomic E-state index is 10.1. The van der Waals surface area contributed by atoms with E-state index in [2.05, 4.69) is 10.1 Å². The van der Waals surface area contributed by atoms with Crippen LogP contribution in [0.2, 0.25) is 0 Å². The third-order valence-electron chi connectivity index (χ3n) is 2.36. The third-order valence-corrected chi connectivity index (χ3v) is 2.36. The van der Waals surface area contributed by atoms with E-state index in [0.29, 0.717) is 5.69 Å². The van der Waals surface area contributed by atoms with E-state index in [1.165, 1.54) is 6.08 Å². The number of hydrogen-bond donors (Lipinski definition) is 0. The molecule has 80 valence electrons. The van der Waals surface area contributed by atoms with Crippen molar-refractivity contribution in [2.45, 2.75) is 13.8 Å². The van der Waals surface area contributed by atoms with Crippen molar-refractivity contribution in [3.05, 3.63) is 35.7 Å². The number of nitrogens with zero attached hydrogens (tertiary/aromatic N) is 2. The van der Waals surface area contributed by atoms with E-state index in [9.17, 15) is 4.79 Å². The first-order valence-electron chi connectivity index (χ1n) is 4.83. The first kappa shape index (κ1) is 10.3. The van der Waals surface area contributed by atoms with Crippen molar-refractivity contribution < 1.29 is 9.32 Å². The smallest absolute Gasteiger partial charge is 0.240 e. The van der Waals surface area contributed by atoms with Crippen LogP contribution in [0.15, 0.2) is 33.8 Å². The molecule has 0 unspecified atom stereocenters. The van der Waals surface area contributed by atoms with Crippen molar-refractivity contribution in [3.8, 4) is 11.1 Å². The Balaban J connectivity index is 2.46. The Labute approximate surface area is 92.6 Å². The van der Waals surface area contributed by atoms with Crippen LogP contribution in [0.4, 0.5) is 5.69 Å². The van der Waals surface area contributed by atoms with Gasteiger partial charge < -0.3 is 4.52 Å². The van der Waals surface area contributed by atoms with Crippen LogP contribution < -0.4 is 0 Å². The second-order valence-corrected chi connectivity index (χ2v) is 3.45. The molecule has 4 nitrogen and oxygen atoms in total. The molecule has 0 bridgehead atoms. The van der Waals surface area contributed by atoms with Crippen LogP contribution >= 0.6 is 0 Å². The summed E-state index contributed by atoms with van der Waals surface area (Å²) in [6, 6.07) is 7.27. The molecule has 1 aromatic heterocycles. The van der Waals surface area contributed by atoms with E-state index in [1.54, 1.807) is 12.1 Å². The average molecular weight is 214 g/mol. The van der Waals surface area contributed by atoms with Crippen LogP contribution in [-0.2, 0) is 4.79 Å². The number of benzene rings is 1. The Bertz CT molecular complexity index is 529. The molecule has 2 aromatic rings. The standard InChI is InChI=1S/C12H10N2O2/c1-8-12(9(2)16-14-8)10-3-5-11(6-4-10)13-7-15/h3-6H,1-2H3. The minimum atomic E-state index is 0.588. The Kier molecular flexibility index (Phi) is 2.66. The highest BCUT2D eigenvalue weighted by Crippen LogP contribution is 2.28. The molecular formula is C12H10N2O2. The van der Waals surface area contributed by atoms with Crippen LogP contribution in [-0.4, -0.2) is 11.2 Å². The SMILES string of the molecule is Cc1noc(C)c1-c1ccc(N=C=O)cc1. The summed E-state index contributed by atoms with van der Waals surface area (Å²) < 4.78 is 5.09. The van der Waals surface area contributed by atoms with Gasteiger partial charge in [-0.3, -0.25) is 0 Å². The van der Waals surface area contributed by atoms with Gasteiger partial charge in [0.25, 0.3) is 0 Å². The zero-order valence-electron chi connectivity index (χ0n) is 9.02. The Hall–Kier alpha value is -2.19. The van der Waals surface area contributed by atoms with Crippen LogP contribution in [0.3, 0.4) is 0 Å². The van der Waals surface area contributed by atoms with Gasteiger partial charge >= 0.3 is 0 Å². The zero-order chi connectivity index (χ0) is 11.5. The molecule has 0 atom stereocenters. The minimum Gasteiger partial charge on any atom is -0.361 e. The average Bonchev–Trinajstić information content (AvgIpc) is 2.61. The lowest BCUT2D eigenvalue weighted by Gasteiger charge is -1.99. The molecular weight excluding hydrogens is 204 g/mol. The molecule has 0 aliphatic rings. The Morgan fingerprint density at radius 2 is 1.94 bits per heavy atom. The Morgan fingerprint density at radius 3 is 2.44 bits per heavy atom. The summed E-state index contributed by atoms with van der Waals surface area (Å²) in [5.41, 5.74) is 3.43. The lowest BCUT2D eigenvalue weighted by Crippen LogP contribution is -1.80. The monoisotopic (exact) mass is 214 g/mol. The van der Waals surface area contributed by atoms with Crippen molar-refractivity contribution in [2.75, 3.05) is 0 Å². The summed E-state index contributed by atoms with van der Waals surface area (Å²) in [7, 11) is 0. The van der Waals surface area contributed by atoms with Gasteiger partial charge in [0.2, 0.25) is 6.08 Å². The van der Waals surface area contributed by atoms with Gasteiger partial charge in [-0.1, -0.05) is 17.3 Å². The molecule has 0 saturated carbocycles. The molecule has 0 spiro atoms. The maximum absolute atomic E-state index is 10.1. The van der Waals surface area contributed by atoms with Gasteiger partial charge in [0.1, 0.15) is 5.76 Å². The van der Waals surface area contributed by atoms with E-state index in [-0.39, 0.29) is 0 Å². The number of aliphatic imine (C=N–C) groups is 1. The summed E-state index contributed by atoms with van der Waals surface area (Å²) in [6.07, 6.45) is 1.51. The molecule has 0 fully saturated rings. The summed E-state index contributed by atoms with van der Waals surface area (Å²) in [4.78, 5) is 13.6. The predicted molar refractivity (Wildman–Crippen MR) is 59.2 cm³/mol. The number of aryl methyl sites for hydroxylation is 2. The van der Waals surface area contributed by atoms with E-state index in [1.807, 2.05) is 26.0 Å². The topological polar surface area (TPSA) is 55.5 Å². The Morgan fingerprint density at radius 1 is 1.25 bits per heavy atom. The van der Waals surface area contributed by atoms with E-state index < -0.39 is 0 Å².